The monoisotopic (exact) mass is 603 g/mol. The first kappa shape index (κ1) is 31.5. The lowest BCUT2D eigenvalue weighted by atomic mass is 10.1. The second-order valence-electron chi connectivity index (χ2n) is 9.69. The summed E-state index contributed by atoms with van der Waals surface area (Å²) in [6.45, 7) is 7.13. The van der Waals surface area contributed by atoms with Gasteiger partial charge < -0.3 is 10.2 Å². The number of rotatable bonds is 12. The summed E-state index contributed by atoms with van der Waals surface area (Å²) in [5, 5.41) is 3.90. The van der Waals surface area contributed by atoms with Gasteiger partial charge in [0.1, 0.15) is 12.6 Å². The molecule has 0 saturated carbocycles. The number of halogens is 2. The van der Waals surface area contributed by atoms with Crippen LogP contribution in [0, 0.1) is 6.92 Å². The number of hydrogen-bond donors (Lipinski definition) is 1. The molecule has 3 aromatic rings. The summed E-state index contributed by atoms with van der Waals surface area (Å²) in [7, 11) is -4.16. The van der Waals surface area contributed by atoms with Gasteiger partial charge in [-0.05, 0) is 86.3 Å². The van der Waals surface area contributed by atoms with Crippen LogP contribution in [0.5, 0.6) is 0 Å². The fourth-order valence-electron chi connectivity index (χ4n) is 4.19. The highest BCUT2D eigenvalue weighted by atomic mass is 35.5. The van der Waals surface area contributed by atoms with Crippen molar-refractivity contribution in [2.75, 3.05) is 10.8 Å². The molecule has 3 rings (SSSR count). The van der Waals surface area contributed by atoms with Gasteiger partial charge in [-0.3, -0.25) is 13.9 Å². The molecule has 40 heavy (non-hydrogen) atoms. The van der Waals surface area contributed by atoms with E-state index in [-0.39, 0.29) is 23.4 Å². The van der Waals surface area contributed by atoms with Gasteiger partial charge in [0, 0.05) is 22.6 Å². The smallest absolute Gasteiger partial charge is 0.264 e. The Labute approximate surface area is 247 Å². The number of benzene rings is 3. The third kappa shape index (κ3) is 7.99. The van der Waals surface area contributed by atoms with Gasteiger partial charge in [-0.2, -0.15) is 0 Å². The van der Waals surface area contributed by atoms with Crippen LogP contribution in [0.2, 0.25) is 10.0 Å². The maximum Gasteiger partial charge on any atom is 0.264 e. The molecule has 0 saturated heterocycles. The first-order valence-electron chi connectivity index (χ1n) is 13.2. The van der Waals surface area contributed by atoms with E-state index in [1.807, 2.05) is 33.8 Å². The van der Waals surface area contributed by atoms with E-state index in [4.69, 9.17) is 23.2 Å². The predicted molar refractivity (Wildman–Crippen MR) is 161 cm³/mol. The van der Waals surface area contributed by atoms with E-state index in [1.54, 1.807) is 42.5 Å². The second kappa shape index (κ2) is 14.0. The normalized spacial score (nSPS) is 12.8. The molecule has 2 atom stereocenters. The molecule has 0 bridgehead atoms. The Balaban J connectivity index is 2.05. The number of carbonyl (C=O) groups excluding carboxylic acids is 2. The van der Waals surface area contributed by atoms with E-state index in [2.05, 4.69) is 5.32 Å². The second-order valence-corrected chi connectivity index (χ2v) is 12.4. The highest BCUT2D eigenvalue weighted by Gasteiger charge is 2.34. The van der Waals surface area contributed by atoms with E-state index in [9.17, 15) is 18.0 Å². The number of aryl methyl sites for hydroxylation is 1. The first-order valence-corrected chi connectivity index (χ1v) is 15.3. The number of nitrogens with one attached hydrogen (secondary N) is 1. The predicted octanol–water partition coefficient (Wildman–Crippen LogP) is 6.22. The number of anilines is 1. The molecule has 1 N–H and O–H groups in total. The average Bonchev–Trinajstić information content (AvgIpc) is 2.92. The van der Waals surface area contributed by atoms with E-state index in [0.717, 1.165) is 21.9 Å². The van der Waals surface area contributed by atoms with Gasteiger partial charge in [0.25, 0.3) is 10.0 Å². The molecule has 0 fully saturated rings. The fourth-order valence-corrected chi connectivity index (χ4v) is 5.85. The summed E-state index contributed by atoms with van der Waals surface area (Å²) in [5.74, 6) is -0.804. The summed E-state index contributed by atoms with van der Waals surface area (Å²) in [4.78, 5) is 28.8. The van der Waals surface area contributed by atoms with Crippen LogP contribution in [-0.4, -0.2) is 43.8 Å². The Morgan fingerprint density at radius 2 is 1.50 bits per heavy atom. The van der Waals surface area contributed by atoms with Gasteiger partial charge in [-0.1, -0.05) is 61.3 Å². The molecular weight excluding hydrogens is 569 g/mol. The minimum absolute atomic E-state index is 0.00277. The molecule has 0 aliphatic rings. The zero-order valence-electron chi connectivity index (χ0n) is 23.1. The molecule has 0 aliphatic carbocycles. The Morgan fingerprint density at radius 1 is 0.900 bits per heavy atom. The third-order valence-electron chi connectivity index (χ3n) is 6.62. The van der Waals surface area contributed by atoms with Crippen molar-refractivity contribution in [1.29, 1.82) is 0 Å². The molecule has 0 radical (unpaired) electrons. The van der Waals surface area contributed by atoms with Gasteiger partial charge >= 0.3 is 0 Å². The summed E-state index contributed by atoms with van der Waals surface area (Å²) in [6, 6.07) is 18.8. The molecule has 0 unspecified atom stereocenters. The highest BCUT2D eigenvalue weighted by Crippen LogP contribution is 2.26. The number of amides is 2. The van der Waals surface area contributed by atoms with Gasteiger partial charge in [0.2, 0.25) is 11.8 Å². The molecule has 0 aliphatic heterocycles. The van der Waals surface area contributed by atoms with Crippen molar-refractivity contribution in [3.8, 4) is 0 Å². The Bertz CT molecular complexity index is 1410. The van der Waals surface area contributed by atoms with Crippen LogP contribution in [0.25, 0.3) is 0 Å². The largest absolute Gasteiger partial charge is 0.352 e. The molecule has 214 valence electrons. The van der Waals surface area contributed by atoms with E-state index < -0.39 is 28.5 Å². The molecule has 10 heteroatoms. The van der Waals surface area contributed by atoms with E-state index in [0.29, 0.717) is 22.2 Å². The van der Waals surface area contributed by atoms with Crippen molar-refractivity contribution in [2.24, 2.45) is 0 Å². The van der Waals surface area contributed by atoms with Crippen LogP contribution in [0.4, 0.5) is 5.69 Å². The van der Waals surface area contributed by atoms with Crippen molar-refractivity contribution in [2.45, 2.75) is 64.1 Å². The molecule has 0 spiro atoms. The summed E-state index contributed by atoms with van der Waals surface area (Å²) >= 11 is 12.1. The van der Waals surface area contributed by atoms with Crippen molar-refractivity contribution in [3.63, 3.8) is 0 Å². The summed E-state index contributed by atoms with van der Waals surface area (Å²) in [5.41, 5.74) is 1.93. The van der Waals surface area contributed by atoms with E-state index in [1.165, 1.54) is 29.2 Å². The van der Waals surface area contributed by atoms with Crippen LogP contribution in [0.3, 0.4) is 0 Å². The van der Waals surface area contributed by atoms with Crippen LogP contribution in [0.15, 0.2) is 77.7 Å². The number of hydrogen-bond acceptors (Lipinski definition) is 4. The molecule has 0 heterocycles. The van der Waals surface area contributed by atoms with Crippen LogP contribution in [-0.2, 0) is 26.2 Å². The van der Waals surface area contributed by atoms with Gasteiger partial charge in [-0.25, -0.2) is 8.42 Å². The SMILES string of the molecule is CC[C@H](C(=O)N[C@@H](C)CC)N(Cc1ccc(Cl)cc1)C(=O)CN(c1cccc(C)c1)S(=O)(=O)c1ccc(Cl)cc1. The van der Waals surface area contributed by atoms with Crippen molar-refractivity contribution < 1.29 is 18.0 Å². The van der Waals surface area contributed by atoms with Gasteiger partial charge in [0.15, 0.2) is 0 Å². The fraction of sp³-hybridized carbons (Fsp3) is 0.333. The highest BCUT2D eigenvalue weighted by molar-refractivity contribution is 7.92. The molecule has 2 amide bonds. The lowest BCUT2D eigenvalue weighted by Gasteiger charge is -2.33. The lowest BCUT2D eigenvalue weighted by Crippen LogP contribution is -2.53. The average molecular weight is 605 g/mol. The van der Waals surface area contributed by atoms with Crippen molar-refractivity contribution in [3.05, 3.63) is 94.0 Å². The van der Waals surface area contributed by atoms with Crippen LogP contribution < -0.4 is 9.62 Å². The quantitative estimate of drug-likeness (QED) is 0.266. The minimum atomic E-state index is -4.16. The molecular formula is C30H35Cl2N3O4S. The Hall–Kier alpha value is -3.07. The number of carbonyl (C=O) groups is 2. The summed E-state index contributed by atoms with van der Waals surface area (Å²) < 4.78 is 28.9. The topological polar surface area (TPSA) is 86.8 Å². The molecule has 3 aromatic carbocycles. The van der Waals surface area contributed by atoms with Crippen LogP contribution >= 0.6 is 23.2 Å². The maximum absolute atomic E-state index is 14.1. The maximum atomic E-state index is 14.1. The zero-order chi connectivity index (χ0) is 29.4. The number of nitrogens with zero attached hydrogens (tertiary/aromatic N) is 2. The standard InChI is InChI=1S/C30H35Cl2N3O4S/c1-5-22(4)33-30(37)28(6-2)34(19-23-10-12-24(31)13-11-23)29(36)20-35(26-9-7-8-21(3)18-26)40(38,39)27-16-14-25(32)15-17-27/h7-18,22,28H,5-6,19-20H2,1-4H3,(H,33,37)/t22-,28+/m0/s1. The van der Waals surface area contributed by atoms with Gasteiger partial charge in [0.05, 0.1) is 10.6 Å². The van der Waals surface area contributed by atoms with Crippen molar-refractivity contribution in [1.82, 2.24) is 10.2 Å². The first-order chi connectivity index (χ1) is 19.0. The number of sulfonamides is 1. The Morgan fingerprint density at radius 3 is 2.05 bits per heavy atom. The van der Waals surface area contributed by atoms with Crippen molar-refractivity contribution >= 4 is 50.7 Å². The Kier molecular flexibility index (Phi) is 11.0. The zero-order valence-corrected chi connectivity index (χ0v) is 25.4. The molecule has 0 aromatic heterocycles. The van der Waals surface area contributed by atoms with E-state index >= 15 is 0 Å². The lowest BCUT2D eigenvalue weighted by molar-refractivity contribution is -0.140. The third-order valence-corrected chi connectivity index (χ3v) is 8.92. The van der Waals surface area contributed by atoms with Gasteiger partial charge in [-0.15, -0.1) is 0 Å². The minimum Gasteiger partial charge on any atom is -0.352 e. The molecule has 7 nitrogen and oxygen atoms in total. The van der Waals surface area contributed by atoms with Crippen LogP contribution in [0.1, 0.15) is 44.7 Å². The summed E-state index contributed by atoms with van der Waals surface area (Å²) in [6.07, 6.45) is 1.07.